The van der Waals surface area contributed by atoms with Crippen molar-refractivity contribution in [2.75, 3.05) is 5.32 Å². The lowest BCUT2D eigenvalue weighted by atomic mass is 10.5. The maximum absolute atomic E-state index is 3.75. The summed E-state index contributed by atoms with van der Waals surface area (Å²) in [7, 11) is 0. The van der Waals surface area contributed by atoms with Gasteiger partial charge in [0, 0.05) is 16.4 Å². The second kappa shape index (κ2) is 3.64. The van der Waals surface area contributed by atoms with E-state index in [1.54, 1.807) is 17.5 Å². The fourth-order valence-corrected chi connectivity index (χ4v) is 1.89. The molecule has 0 aliphatic rings. The van der Waals surface area contributed by atoms with Crippen molar-refractivity contribution in [1.29, 1.82) is 0 Å². The average Bonchev–Trinajstić information content (AvgIpc) is 2.74. The molecule has 0 fully saturated rings. The molecule has 0 amide bonds. The third-order valence-corrected chi connectivity index (χ3v) is 2.88. The Hall–Kier alpha value is -0.940. The van der Waals surface area contributed by atoms with Gasteiger partial charge in [-0.25, -0.2) is 0 Å². The van der Waals surface area contributed by atoms with Crippen LogP contribution in [-0.2, 0) is 6.54 Å². The smallest absolute Gasteiger partial charge is 0.130 e. The number of nitrogens with one attached hydrogen (secondary N) is 1. The van der Waals surface area contributed by atoms with E-state index in [1.165, 1.54) is 16.4 Å². The van der Waals surface area contributed by atoms with E-state index in [-0.39, 0.29) is 0 Å². The predicted octanol–water partition coefficient (Wildman–Crippen LogP) is 2.21. The first kappa shape index (κ1) is 7.70. The molecule has 0 aliphatic heterocycles. The highest BCUT2D eigenvalue weighted by molar-refractivity contribution is 7.10. The summed E-state index contributed by atoms with van der Waals surface area (Å²) < 4.78 is 3.75. The lowest BCUT2D eigenvalue weighted by Crippen LogP contribution is -1.94. The van der Waals surface area contributed by atoms with Gasteiger partial charge in [-0.1, -0.05) is 10.6 Å². The number of thiophene rings is 1. The second-order valence-corrected chi connectivity index (χ2v) is 4.03. The summed E-state index contributed by atoms with van der Waals surface area (Å²) in [5, 5.41) is 10.1. The molecule has 2 rings (SSSR count). The van der Waals surface area contributed by atoms with Crippen molar-refractivity contribution in [2.24, 2.45) is 0 Å². The zero-order valence-electron chi connectivity index (χ0n) is 6.23. The van der Waals surface area contributed by atoms with Crippen molar-refractivity contribution in [3.63, 3.8) is 0 Å². The summed E-state index contributed by atoms with van der Waals surface area (Å²) >= 11 is 3.12. The minimum absolute atomic E-state index is 0.863. The van der Waals surface area contributed by atoms with E-state index in [1.807, 2.05) is 6.07 Å². The van der Waals surface area contributed by atoms with E-state index < -0.39 is 0 Å². The van der Waals surface area contributed by atoms with Gasteiger partial charge in [-0.05, 0) is 11.4 Å². The van der Waals surface area contributed by atoms with E-state index in [9.17, 15) is 0 Å². The zero-order valence-corrected chi connectivity index (χ0v) is 7.86. The Labute approximate surface area is 78.2 Å². The number of rotatable bonds is 3. The van der Waals surface area contributed by atoms with Gasteiger partial charge in [-0.2, -0.15) is 0 Å². The summed E-state index contributed by atoms with van der Waals surface area (Å²) in [4.78, 5) is 1.32. The van der Waals surface area contributed by atoms with Crippen molar-refractivity contribution in [3.05, 3.63) is 28.6 Å². The topological polar surface area (TPSA) is 37.8 Å². The summed E-state index contributed by atoms with van der Waals surface area (Å²) in [6, 6.07) is 4.15. The largest absolute Gasteiger partial charge is 0.369 e. The van der Waals surface area contributed by atoms with Crippen LogP contribution >= 0.6 is 22.9 Å². The van der Waals surface area contributed by atoms with Crippen LogP contribution in [0.1, 0.15) is 4.88 Å². The molecule has 5 heteroatoms. The highest BCUT2D eigenvalue weighted by Gasteiger charge is 1.95. The van der Waals surface area contributed by atoms with Crippen LogP contribution in [0.5, 0.6) is 0 Å². The standard InChI is InChI=1S/C7H7N3S2/c1-2-6(11-3-1)4-8-7-5-9-10-12-7/h1-3,5,8H,4H2. The van der Waals surface area contributed by atoms with E-state index in [0.717, 1.165) is 11.5 Å². The number of hydrogen-bond donors (Lipinski definition) is 1. The maximum atomic E-state index is 3.75. The van der Waals surface area contributed by atoms with Crippen molar-refractivity contribution in [3.8, 4) is 0 Å². The van der Waals surface area contributed by atoms with Gasteiger partial charge in [0.15, 0.2) is 0 Å². The van der Waals surface area contributed by atoms with Crippen LogP contribution in [0.15, 0.2) is 23.7 Å². The van der Waals surface area contributed by atoms with Crippen molar-refractivity contribution >= 4 is 27.9 Å². The van der Waals surface area contributed by atoms with Crippen LogP contribution < -0.4 is 5.32 Å². The number of aromatic nitrogens is 2. The first-order chi connectivity index (χ1) is 5.95. The molecular weight excluding hydrogens is 190 g/mol. The first-order valence-corrected chi connectivity index (χ1v) is 5.14. The molecule has 0 bridgehead atoms. The molecular formula is C7H7N3S2. The van der Waals surface area contributed by atoms with E-state index >= 15 is 0 Å². The SMILES string of the molecule is c1csc(CNc2cnns2)c1. The van der Waals surface area contributed by atoms with Crippen molar-refractivity contribution < 1.29 is 0 Å². The molecule has 1 N–H and O–H groups in total. The quantitative estimate of drug-likeness (QED) is 0.819. The molecule has 0 spiro atoms. The van der Waals surface area contributed by atoms with Crippen LogP contribution in [0.3, 0.4) is 0 Å². The summed E-state index contributed by atoms with van der Waals surface area (Å²) in [5.41, 5.74) is 0. The Morgan fingerprint density at radius 2 is 2.50 bits per heavy atom. The first-order valence-electron chi connectivity index (χ1n) is 3.49. The Morgan fingerprint density at radius 3 is 3.17 bits per heavy atom. The normalized spacial score (nSPS) is 10.0. The fraction of sp³-hybridized carbons (Fsp3) is 0.143. The second-order valence-electron chi connectivity index (χ2n) is 2.21. The minimum Gasteiger partial charge on any atom is -0.369 e. The molecule has 62 valence electrons. The maximum Gasteiger partial charge on any atom is 0.130 e. The Bertz CT molecular complexity index is 280. The van der Waals surface area contributed by atoms with Crippen LogP contribution in [0.4, 0.5) is 5.00 Å². The molecule has 0 aromatic carbocycles. The number of nitrogens with zero attached hydrogens (tertiary/aromatic N) is 2. The van der Waals surface area contributed by atoms with Gasteiger partial charge in [-0.15, -0.1) is 16.4 Å². The van der Waals surface area contributed by atoms with Gasteiger partial charge in [0.1, 0.15) is 5.00 Å². The van der Waals surface area contributed by atoms with Crippen LogP contribution in [0.2, 0.25) is 0 Å². The molecule has 12 heavy (non-hydrogen) atoms. The molecule has 0 saturated heterocycles. The van der Waals surface area contributed by atoms with Gasteiger partial charge in [-0.3, -0.25) is 0 Å². The van der Waals surface area contributed by atoms with Crippen LogP contribution in [0.25, 0.3) is 0 Å². The predicted molar refractivity (Wildman–Crippen MR) is 51.6 cm³/mol. The summed E-state index contributed by atoms with van der Waals surface area (Å²) in [6.07, 6.45) is 1.73. The van der Waals surface area contributed by atoms with Crippen LogP contribution in [0, 0.1) is 0 Å². The van der Waals surface area contributed by atoms with Gasteiger partial charge in [0.2, 0.25) is 0 Å². The van der Waals surface area contributed by atoms with Gasteiger partial charge < -0.3 is 5.32 Å². The minimum atomic E-state index is 0.863. The molecule has 0 atom stereocenters. The monoisotopic (exact) mass is 197 g/mol. The van der Waals surface area contributed by atoms with Gasteiger partial charge >= 0.3 is 0 Å². The lowest BCUT2D eigenvalue weighted by Gasteiger charge is -1.97. The molecule has 0 unspecified atom stereocenters. The van der Waals surface area contributed by atoms with E-state index in [2.05, 4.69) is 26.4 Å². The van der Waals surface area contributed by atoms with E-state index in [0.29, 0.717) is 0 Å². The number of anilines is 1. The van der Waals surface area contributed by atoms with Crippen molar-refractivity contribution in [1.82, 2.24) is 9.59 Å². The average molecular weight is 197 g/mol. The molecule has 0 saturated carbocycles. The summed E-state index contributed by atoms with van der Waals surface area (Å²) in [5.74, 6) is 0. The fourth-order valence-electron chi connectivity index (χ4n) is 0.832. The molecule has 3 nitrogen and oxygen atoms in total. The zero-order chi connectivity index (χ0) is 8.23. The molecule has 2 aromatic rings. The molecule has 0 radical (unpaired) electrons. The highest BCUT2D eigenvalue weighted by Crippen LogP contribution is 2.14. The Morgan fingerprint density at radius 1 is 1.50 bits per heavy atom. The molecule has 0 aliphatic carbocycles. The van der Waals surface area contributed by atoms with Gasteiger partial charge in [0.05, 0.1) is 12.7 Å². The number of hydrogen-bond acceptors (Lipinski definition) is 5. The summed E-state index contributed by atoms with van der Waals surface area (Å²) in [6.45, 7) is 0.863. The third kappa shape index (κ3) is 1.80. The van der Waals surface area contributed by atoms with E-state index in [4.69, 9.17) is 0 Å². The van der Waals surface area contributed by atoms with Gasteiger partial charge in [0.25, 0.3) is 0 Å². The lowest BCUT2D eigenvalue weighted by molar-refractivity contribution is 1.15. The third-order valence-electron chi connectivity index (χ3n) is 1.38. The Balaban J connectivity index is 1.91. The van der Waals surface area contributed by atoms with Crippen molar-refractivity contribution in [2.45, 2.75) is 6.54 Å². The highest BCUT2D eigenvalue weighted by atomic mass is 32.1. The Kier molecular flexibility index (Phi) is 2.33. The molecule has 2 aromatic heterocycles. The van der Waals surface area contributed by atoms with Crippen LogP contribution in [-0.4, -0.2) is 9.59 Å². The molecule has 2 heterocycles.